The van der Waals surface area contributed by atoms with Gasteiger partial charge in [-0.05, 0) is 19.1 Å². The molecule has 20 heavy (non-hydrogen) atoms. The molecular weight excluding hydrogens is 260 g/mol. The van der Waals surface area contributed by atoms with Gasteiger partial charge in [-0.2, -0.15) is 0 Å². The Morgan fingerprint density at radius 1 is 1.20 bits per heavy atom. The van der Waals surface area contributed by atoms with E-state index < -0.39 is 5.97 Å². The summed E-state index contributed by atoms with van der Waals surface area (Å²) in [4.78, 5) is 35.2. The van der Waals surface area contributed by atoms with E-state index in [1.54, 1.807) is 26.1 Å². The molecule has 0 aliphatic rings. The van der Waals surface area contributed by atoms with Crippen molar-refractivity contribution in [3.05, 3.63) is 34.7 Å². The Kier molecular flexibility index (Phi) is 4.02. The van der Waals surface area contributed by atoms with Crippen LogP contribution >= 0.6 is 0 Å². The van der Waals surface area contributed by atoms with Crippen LogP contribution in [0.4, 0.5) is 0 Å². The summed E-state index contributed by atoms with van der Waals surface area (Å²) in [5.41, 5.74) is 1.15. The van der Waals surface area contributed by atoms with Crippen LogP contribution in [0.3, 0.4) is 0 Å². The van der Waals surface area contributed by atoms with Crippen LogP contribution in [0.1, 0.15) is 13.3 Å². The molecule has 0 aliphatic carbocycles. The third-order valence-electron chi connectivity index (χ3n) is 3.03. The quantitative estimate of drug-likeness (QED) is 0.600. The van der Waals surface area contributed by atoms with E-state index in [1.807, 2.05) is 12.1 Å². The Labute approximate surface area is 115 Å². The summed E-state index contributed by atoms with van der Waals surface area (Å²) in [6.07, 6.45) is -0.316. The predicted octanol–water partition coefficient (Wildman–Crippen LogP) is 0.862. The number of carbonyl (C=O) groups excluding carboxylic acids is 2. The van der Waals surface area contributed by atoms with Gasteiger partial charge in [-0.25, -0.2) is 4.79 Å². The van der Waals surface area contributed by atoms with Crippen molar-refractivity contribution in [3.63, 3.8) is 0 Å². The normalized spacial score (nSPS) is 10.7. The number of nitrogens with zero attached hydrogens (tertiary/aromatic N) is 2. The van der Waals surface area contributed by atoms with E-state index in [9.17, 15) is 14.4 Å². The fraction of sp³-hybridized carbons (Fsp3) is 0.357. The number of benzene rings is 1. The number of ketones is 1. The number of rotatable bonds is 5. The average Bonchev–Trinajstić information content (AvgIpc) is 2.65. The molecule has 2 rings (SSSR count). The highest BCUT2D eigenvalue weighted by molar-refractivity contribution is 5.96. The van der Waals surface area contributed by atoms with Gasteiger partial charge in [0.05, 0.1) is 24.2 Å². The molecule has 0 aliphatic heterocycles. The predicted molar refractivity (Wildman–Crippen MR) is 73.4 cm³/mol. The van der Waals surface area contributed by atoms with Crippen LogP contribution in [-0.2, 0) is 27.9 Å². The molecule has 0 atom stereocenters. The SMILES string of the molecule is CCOC(=O)CC(=O)Cn1c(=O)n(C)c2ccccc21. The van der Waals surface area contributed by atoms with Crippen LogP contribution in [0.15, 0.2) is 29.1 Å². The Balaban J connectivity index is 2.26. The Morgan fingerprint density at radius 3 is 2.50 bits per heavy atom. The van der Waals surface area contributed by atoms with Crippen LogP contribution in [0, 0.1) is 0 Å². The van der Waals surface area contributed by atoms with Gasteiger partial charge in [-0.1, -0.05) is 12.1 Å². The van der Waals surface area contributed by atoms with E-state index in [0.717, 1.165) is 5.52 Å². The van der Waals surface area contributed by atoms with E-state index >= 15 is 0 Å². The molecule has 2 aromatic rings. The molecule has 0 saturated carbocycles. The maximum Gasteiger partial charge on any atom is 0.329 e. The van der Waals surface area contributed by atoms with Crippen molar-refractivity contribution in [2.75, 3.05) is 6.61 Å². The van der Waals surface area contributed by atoms with E-state index in [2.05, 4.69) is 0 Å². The summed E-state index contributed by atoms with van der Waals surface area (Å²) in [6, 6.07) is 7.21. The Morgan fingerprint density at radius 2 is 1.85 bits per heavy atom. The van der Waals surface area contributed by atoms with E-state index in [0.29, 0.717) is 5.52 Å². The minimum Gasteiger partial charge on any atom is -0.466 e. The fourth-order valence-electron chi connectivity index (χ4n) is 2.12. The van der Waals surface area contributed by atoms with Gasteiger partial charge < -0.3 is 4.74 Å². The lowest BCUT2D eigenvalue weighted by molar-refractivity contribution is -0.145. The first-order valence-corrected chi connectivity index (χ1v) is 6.36. The number of aromatic nitrogens is 2. The van der Waals surface area contributed by atoms with Crippen molar-refractivity contribution in [2.24, 2.45) is 7.05 Å². The first-order valence-electron chi connectivity index (χ1n) is 6.36. The van der Waals surface area contributed by atoms with Crippen LogP contribution in [-0.4, -0.2) is 27.5 Å². The summed E-state index contributed by atoms with van der Waals surface area (Å²) < 4.78 is 7.57. The zero-order valence-corrected chi connectivity index (χ0v) is 11.5. The number of Topliss-reactive ketones (excluding diaryl/α,β-unsaturated/α-hetero) is 1. The molecule has 0 spiro atoms. The number of para-hydroxylation sites is 2. The lowest BCUT2D eigenvalue weighted by atomic mass is 10.2. The van der Waals surface area contributed by atoms with Gasteiger partial charge in [0.1, 0.15) is 6.42 Å². The second-order valence-electron chi connectivity index (χ2n) is 4.44. The molecule has 0 bridgehead atoms. The third kappa shape index (κ3) is 2.64. The molecule has 1 aromatic heterocycles. The van der Waals surface area contributed by atoms with Crippen molar-refractivity contribution in [1.29, 1.82) is 0 Å². The smallest absolute Gasteiger partial charge is 0.329 e. The van der Waals surface area contributed by atoms with Crippen LogP contribution in [0.5, 0.6) is 0 Å². The number of ether oxygens (including phenoxy) is 1. The topological polar surface area (TPSA) is 70.3 Å². The number of fused-ring (bicyclic) bond motifs is 1. The van der Waals surface area contributed by atoms with Gasteiger partial charge in [0.2, 0.25) is 0 Å². The molecule has 1 heterocycles. The first-order chi connectivity index (χ1) is 9.54. The van der Waals surface area contributed by atoms with Crippen LogP contribution in [0.2, 0.25) is 0 Å². The van der Waals surface area contributed by atoms with Gasteiger partial charge in [0.25, 0.3) is 0 Å². The number of hydrogen-bond donors (Lipinski definition) is 0. The third-order valence-corrected chi connectivity index (χ3v) is 3.03. The lowest BCUT2D eigenvalue weighted by Gasteiger charge is -2.03. The molecule has 6 heteroatoms. The molecule has 6 nitrogen and oxygen atoms in total. The minimum atomic E-state index is -0.564. The zero-order chi connectivity index (χ0) is 14.7. The van der Waals surface area contributed by atoms with E-state index in [1.165, 1.54) is 9.13 Å². The van der Waals surface area contributed by atoms with Crippen LogP contribution in [0.25, 0.3) is 11.0 Å². The average molecular weight is 276 g/mol. The lowest BCUT2D eigenvalue weighted by Crippen LogP contribution is -2.26. The molecule has 0 fully saturated rings. The van der Waals surface area contributed by atoms with Crippen molar-refractivity contribution in [3.8, 4) is 0 Å². The monoisotopic (exact) mass is 276 g/mol. The Bertz CT molecular complexity index is 712. The molecule has 1 aromatic carbocycles. The van der Waals surface area contributed by atoms with E-state index in [-0.39, 0.29) is 31.0 Å². The molecular formula is C14H16N2O4. The molecule has 0 unspecified atom stereocenters. The maximum atomic E-state index is 12.1. The highest BCUT2D eigenvalue weighted by atomic mass is 16.5. The summed E-state index contributed by atoms with van der Waals surface area (Å²) in [7, 11) is 1.65. The highest BCUT2D eigenvalue weighted by Gasteiger charge is 2.15. The molecule has 0 saturated heterocycles. The molecule has 0 N–H and O–H groups in total. The molecule has 0 amide bonds. The first kappa shape index (κ1) is 14.0. The van der Waals surface area contributed by atoms with Crippen molar-refractivity contribution in [1.82, 2.24) is 9.13 Å². The zero-order valence-electron chi connectivity index (χ0n) is 11.5. The number of aryl methyl sites for hydroxylation is 1. The summed E-state index contributed by atoms with van der Waals surface area (Å²) in [6.45, 7) is 1.79. The number of esters is 1. The van der Waals surface area contributed by atoms with Gasteiger partial charge in [0.15, 0.2) is 5.78 Å². The van der Waals surface area contributed by atoms with Crippen molar-refractivity contribution >= 4 is 22.8 Å². The second kappa shape index (κ2) is 5.73. The summed E-state index contributed by atoms with van der Waals surface area (Å²) in [5, 5.41) is 0. The van der Waals surface area contributed by atoms with Gasteiger partial charge >= 0.3 is 11.7 Å². The largest absolute Gasteiger partial charge is 0.466 e. The Hall–Kier alpha value is -2.37. The van der Waals surface area contributed by atoms with Crippen molar-refractivity contribution < 1.29 is 14.3 Å². The molecule has 0 radical (unpaired) electrons. The highest BCUT2D eigenvalue weighted by Crippen LogP contribution is 2.11. The van der Waals surface area contributed by atoms with Gasteiger partial charge in [-0.15, -0.1) is 0 Å². The number of imidazole rings is 1. The van der Waals surface area contributed by atoms with Crippen LogP contribution < -0.4 is 5.69 Å². The van der Waals surface area contributed by atoms with Crippen molar-refractivity contribution in [2.45, 2.75) is 19.9 Å². The number of hydrogen-bond acceptors (Lipinski definition) is 4. The fourth-order valence-corrected chi connectivity index (χ4v) is 2.12. The maximum absolute atomic E-state index is 12.1. The standard InChI is InChI=1S/C14H16N2O4/c1-3-20-13(18)8-10(17)9-16-12-7-5-4-6-11(12)15(2)14(16)19/h4-7H,3,8-9H2,1-2H3. The summed E-state index contributed by atoms with van der Waals surface area (Å²) in [5.74, 6) is -0.910. The molecule has 106 valence electrons. The van der Waals surface area contributed by atoms with Gasteiger partial charge in [0, 0.05) is 7.05 Å². The van der Waals surface area contributed by atoms with Gasteiger partial charge in [-0.3, -0.25) is 18.7 Å². The second-order valence-corrected chi connectivity index (χ2v) is 4.44. The summed E-state index contributed by atoms with van der Waals surface area (Å²) >= 11 is 0. The number of carbonyl (C=O) groups is 2. The minimum absolute atomic E-state index is 0.126. The van der Waals surface area contributed by atoms with E-state index in [4.69, 9.17) is 4.74 Å².